The second kappa shape index (κ2) is 7.66. The number of nitrogens with one attached hydrogen (secondary N) is 1. The fourth-order valence-corrected chi connectivity index (χ4v) is 2.58. The van der Waals surface area contributed by atoms with E-state index in [1.807, 2.05) is 0 Å². The summed E-state index contributed by atoms with van der Waals surface area (Å²) in [5.41, 5.74) is 1.58. The summed E-state index contributed by atoms with van der Waals surface area (Å²) in [4.78, 5) is 2.44. The highest BCUT2D eigenvalue weighted by Gasteiger charge is 2.27. The summed E-state index contributed by atoms with van der Waals surface area (Å²) < 4.78 is 0. The van der Waals surface area contributed by atoms with E-state index in [9.17, 15) is 0 Å². The van der Waals surface area contributed by atoms with Gasteiger partial charge in [-0.25, -0.2) is 0 Å². The zero-order valence-electron chi connectivity index (χ0n) is 13.2. The lowest BCUT2D eigenvalue weighted by Crippen LogP contribution is -2.46. The molecule has 0 fully saturated rings. The zero-order valence-corrected chi connectivity index (χ0v) is 13.2. The normalized spacial score (nSPS) is 14.9. The van der Waals surface area contributed by atoms with E-state index in [2.05, 4.69) is 75.3 Å². The molecule has 0 aliphatic carbocycles. The molecule has 0 bridgehead atoms. The summed E-state index contributed by atoms with van der Waals surface area (Å²) in [5.74, 6) is 0. The van der Waals surface area contributed by atoms with E-state index in [0.29, 0.717) is 6.04 Å². The predicted molar refractivity (Wildman–Crippen MR) is 84.7 cm³/mol. The lowest BCUT2D eigenvalue weighted by atomic mass is 9.81. The number of hydrogen-bond donors (Lipinski definition) is 1. The Hall–Kier alpha value is -0.860. The van der Waals surface area contributed by atoms with Crippen LogP contribution in [0, 0.1) is 0 Å². The van der Waals surface area contributed by atoms with Gasteiger partial charge >= 0.3 is 0 Å². The fourth-order valence-electron chi connectivity index (χ4n) is 2.58. The van der Waals surface area contributed by atoms with Crippen molar-refractivity contribution in [3.8, 4) is 0 Å². The van der Waals surface area contributed by atoms with E-state index in [-0.39, 0.29) is 5.41 Å². The summed E-state index contributed by atoms with van der Waals surface area (Å²) in [7, 11) is 2.22. The van der Waals surface area contributed by atoms with Crippen LogP contribution in [0.1, 0.15) is 39.7 Å². The molecule has 19 heavy (non-hydrogen) atoms. The van der Waals surface area contributed by atoms with Gasteiger partial charge in [-0.3, -0.25) is 0 Å². The third kappa shape index (κ3) is 5.33. The molecule has 108 valence electrons. The smallest absolute Gasteiger partial charge is 0.0177 e. The maximum Gasteiger partial charge on any atom is 0.0177 e. The van der Waals surface area contributed by atoms with Gasteiger partial charge in [-0.2, -0.15) is 0 Å². The Morgan fingerprint density at radius 1 is 1.21 bits per heavy atom. The Kier molecular flexibility index (Phi) is 6.53. The molecule has 2 heteroatoms. The molecule has 0 saturated heterocycles. The van der Waals surface area contributed by atoms with Crippen LogP contribution in [0.15, 0.2) is 30.3 Å². The van der Waals surface area contributed by atoms with Crippen molar-refractivity contribution >= 4 is 0 Å². The van der Waals surface area contributed by atoms with Gasteiger partial charge in [-0.15, -0.1) is 0 Å². The van der Waals surface area contributed by atoms with Crippen molar-refractivity contribution in [2.75, 3.05) is 26.7 Å². The number of benzene rings is 1. The Bertz CT molecular complexity index is 348. The lowest BCUT2D eigenvalue weighted by Gasteiger charge is -2.35. The van der Waals surface area contributed by atoms with Crippen molar-refractivity contribution in [2.45, 2.75) is 45.6 Å². The summed E-state index contributed by atoms with van der Waals surface area (Å²) in [5, 5.41) is 3.61. The van der Waals surface area contributed by atoms with Crippen LogP contribution in [0.25, 0.3) is 0 Å². The average molecular weight is 262 g/mol. The van der Waals surface area contributed by atoms with Crippen LogP contribution >= 0.6 is 0 Å². The minimum Gasteiger partial charge on any atom is -0.314 e. The van der Waals surface area contributed by atoms with Crippen molar-refractivity contribution in [3.63, 3.8) is 0 Å². The average Bonchev–Trinajstić information content (AvgIpc) is 2.38. The van der Waals surface area contributed by atoms with E-state index < -0.39 is 0 Å². The monoisotopic (exact) mass is 262 g/mol. The Morgan fingerprint density at radius 2 is 1.84 bits per heavy atom. The number of rotatable bonds is 8. The molecular formula is C17H30N2. The second-order valence-electron chi connectivity index (χ2n) is 6.20. The molecule has 1 rings (SSSR count). The molecule has 1 unspecified atom stereocenters. The molecule has 1 aromatic carbocycles. The van der Waals surface area contributed by atoms with E-state index in [1.54, 1.807) is 0 Å². The second-order valence-corrected chi connectivity index (χ2v) is 6.20. The molecule has 2 nitrogen and oxygen atoms in total. The first-order valence-corrected chi connectivity index (χ1v) is 7.45. The molecule has 0 heterocycles. The number of nitrogens with zero attached hydrogens (tertiary/aromatic N) is 1. The summed E-state index contributed by atoms with van der Waals surface area (Å²) in [6, 6.07) is 11.4. The quantitative estimate of drug-likeness (QED) is 0.773. The maximum absolute atomic E-state index is 3.61. The minimum absolute atomic E-state index is 0.162. The fraction of sp³-hybridized carbons (Fsp3) is 0.647. The van der Waals surface area contributed by atoms with Crippen LogP contribution in [-0.4, -0.2) is 37.6 Å². The summed E-state index contributed by atoms with van der Waals surface area (Å²) in [6.07, 6.45) is 1.21. The molecule has 0 aromatic heterocycles. The van der Waals surface area contributed by atoms with Gasteiger partial charge in [0.2, 0.25) is 0 Å². The van der Waals surface area contributed by atoms with Crippen LogP contribution in [0.3, 0.4) is 0 Å². The molecular weight excluding hydrogens is 232 g/mol. The molecule has 1 atom stereocenters. The van der Waals surface area contributed by atoms with Gasteiger partial charge in [0.25, 0.3) is 0 Å². The molecule has 1 aromatic rings. The topological polar surface area (TPSA) is 15.3 Å². The van der Waals surface area contributed by atoms with E-state index >= 15 is 0 Å². The van der Waals surface area contributed by atoms with Crippen molar-refractivity contribution in [1.82, 2.24) is 10.2 Å². The molecule has 0 saturated carbocycles. The molecule has 0 spiro atoms. The highest BCUT2D eigenvalue weighted by Crippen LogP contribution is 2.24. The highest BCUT2D eigenvalue weighted by molar-refractivity contribution is 5.25. The van der Waals surface area contributed by atoms with E-state index in [1.165, 1.54) is 12.0 Å². The molecule has 0 aliphatic rings. The van der Waals surface area contributed by atoms with Crippen LogP contribution < -0.4 is 5.32 Å². The maximum atomic E-state index is 3.61. The molecule has 1 N–H and O–H groups in total. The summed E-state index contributed by atoms with van der Waals surface area (Å²) >= 11 is 0. The Morgan fingerprint density at radius 3 is 2.37 bits per heavy atom. The summed E-state index contributed by atoms with van der Waals surface area (Å²) in [6.45, 7) is 12.3. The Balaban J connectivity index is 2.83. The minimum atomic E-state index is 0.162. The molecule has 0 radical (unpaired) electrons. The number of hydrogen-bond acceptors (Lipinski definition) is 2. The SMILES string of the molecule is CCCN(C)CC(C)(CNC(C)C)c1ccccc1. The van der Waals surface area contributed by atoms with Gasteiger partial charge in [-0.05, 0) is 25.6 Å². The Labute approximate surface area is 119 Å². The van der Waals surface area contributed by atoms with Gasteiger partial charge in [0.1, 0.15) is 0 Å². The van der Waals surface area contributed by atoms with Crippen molar-refractivity contribution in [1.29, 1.82) is 0 Å². The third-order valence-corrected chi connectivity index (χ3v) is 3.60. The standard InChI is InChI=1S/C17H30N2/c1-6-12-19(5)14-17(4,13-18-15(2)3)16-10-8-7-9-11-16/h7-11,15,18H,6,12-14H2,1-5H3. The number of likely N-dealkylation sites (N-methyl/N-ethyl adjacent to an activating group) is 1. The van der Waals surface area contributed by atoms with Gasteiger partial charge in [0.05, 0.1) is 0 Å². The first-order chi connectivity index (χ1) is 8.98. The van der Waals surface area contributed by atoms with E-state index in [0.717, 1.165) is 19.6 Å². The van der Waals surface area contributed by atoms with Gasteiger partial charge in [0, 0.05) is 24.5 Å². The predicted octanol–water partition coefficient (Wildman–Crippen LogP) is 3.28. The molecule has 0 amide bonds. The van der Waals surface area contributed by atoms with Gasteiger partial charge in [-0.1, -0.05) is 58.0 Å². The van der Waals surface area contributed by atoms with Crippen molar-refractivity contribution in [2.24, 2.45) is 0 Å². The van der Waals surface area contributed by atoms with Crippen molar-refractivity contribution < 1.29 is 0 Å². The van der Waals surface area contributed by atoms with Crippen LogP contribution in [-0.2, 0) is 5.41 Å². The van der Waals surface area contributed by atoms with Gasteiger partial charge < -0.3 is 10.2 Å². The van der Waals surface area contributed by atoms with Gasteiger partial charge in [0.15, 0.2) is 0 Å². The molecule has 0 aliphatic heterocycles. The third-order valence-electron chi connectivity index (χ3n) is 3.60. The first kappa shape index (κ1) is 16.2. The largest absolute Gasteiger partial charge is 0.314 e. The first-order valence-electron chi connectivity index (χ1n) is 7.45. The lowest BCUT2D eigenvalue weighted by molar-refractivity contribution is 0.246. The van der Waals surface area contributed by atoms with Crippen LogP contribution in [0.4, 0.5) is 0 Å². The van der Waals surface area contributed by atoms with Crippen LogP contribution in [0.2, 0.25) is 0 Å². The van der Waals surface area contributed by atoms with E-state index in [4.69, 9.17) is 0 Å². The zero-order chi connectivity index (χ0) is 14.3. The van der Waals surface area contributed by atoms with Crippen molar-refractivity contribution in [3.05, 3.63) is 35.9 Å². The van der Waals surface area contributed by atoms with Crippen LogP contribution in [0.5, 0.6) is 0 Å². The highest BCUT2D eigenvalue weighted by atomic mass is 15.1.